The molecule has 2 aliphatic rings. The highest BCUT2D eigenvalue weighted by Gasteiger charge is 2.36. The van der Waals surface area contributed by atoms with Gasteiger partial charge in [-0.25, -0.2) is 8.78 Å². The van der Waals surface area contributed by atoms with Gasteiger partial charge in [0.25, 0.3) is 0 Å². The summed E-state index contributed by atoms with van der Waals surface area (Å²) in [7, 11) is 0. The molecule has 2 aromatic carbocycles. The topological polar surface area (TPSA) is 16.1 Å². The van der Waals surface area contributed by atoms with Gasteiger partial charge in [0.2, 0.25) is 6.43 Å². The second kappa shape index (κ2) is 11.0. The second-order valence-corrected chi connectivity index (χ2v) is 10.2. The largest absolute Gasteiger partial charge is 0.418 e. The lowest BCUT2D eigenvalue weighted by atomic mass is 9.88. The summed E-state index contributed by atoms with van der Waals surface area (Å²) in [4.78, 5) is 6.17. The fourth-order valence-corrected chi connectivity index (χ4v) is 5.39. The Bertz CT molecular complexity index is 1370. The highest BCUT2D eigenvalue weighted by molar-refractivity contribution is 6.30. The van der Waals surface area contributed by atoms with E-state index in [0.717, 1.165) is 45.9 Å². The number of aryl methyl sites for hydroxylation is 1. The fourth-order valence-electron chi connectivity index (χ4n) is 5.23. The Morgan fingerprint density at radius 3 is 2.45 bits per heavy atom. The van der Waals surface area contributed by atoms with Crippen molar-refractivity contribution in [3.63, 3.8) is 0 Å². The van der Waals surface area contributed by atoms with Gasteiger partial charge in [-0.15, -0.1) is 0 Å². The summed E-state index contributed by atoms with van der Waals surface area (Å²) in [6.07, 6.45) is -1.80. The van der Waals surface area contributed by atoms with E-state index < -0.39 is 18.2 Å². The van der Waals surface area contributed by atoms with Crippen LogP contribution in [-0.4, -0.2) is 35.9 Å². The minimum Gasteiger partial charge on any atom is -0.295 e. The summed E-state index contributed by atoms with van der Waals surface area (Å²) >= 11 is 5.92. The van der Waals surface area contributed by atoms with Crippen molar-refractivity contribution in [1.82, 2.24) is 9.88 Å². The number of hydrogen-bond donors (Lipinski definition) is 0. The van der Waals surface area contributed by atoms with Crippen LogP contribution in [0.25, 0.3) is 17.2 Å². The number of rotatable bonds is 6. The molecule has 0 saturated carbocycles. The van der Waals surface area contributed by atoms with Gasteiger partial charge in [0.05, 0.1) is 16.3 Å². The molecule has 1 saturated heterocycles. The normalized spacial score (nSPS) is 16.3. The Hall–Kier alpha value is -3.03. The van der Waals surface area contributed by atoms with E-state index in [2.05, 4.69) is 4.98 Å². The van der Waals surface area contributed by atoms with E-state index in [1.54, 1.807) is 0 Å². The molecule has 2 heterocycles. The summed E-state index contributed by atoms with van der Waals surface area (Å²) in [6, 6.07) is 16.5. The van der Waals surface area contributed by atoms with Crippen molar-refractivity contribution in [2.75, 3.05) is 19.6 Å². The minimum absolute atomic E-state index is 0.0570. The van der Waals surface area contributed by atoms with Gasteiger partial charge in [0.1, 0.15) is 0 Å². The molecule has 2 nitrogen and oxygen atoms in total. The number of fused-ring (bicyclic) bond motifs is 1. The first-order valence-corrected chi connectivity index (χ1v) is 12.9. The summed E-state index contributed by atoms with van der Waals surface area (Å²) in [5.41, 5.74) is 5.31. The molecule has 0 bridgehead atoms. The Labute approximate surface area is 223 Å². The first-order chi connectivity index (χ1) is 18.2. The number of aromatic nitrogens is 1. The SMILES string of the molecule is FC(F)CCN1CC(=Cc2ccc(C3=C(c4ncc(Cl)cc4C(F)(F)F)CCCc4ccccc43)cc2)C1. The van der Waals surface area contributed by atoms with E-state index in [1.165, 1.54) is 6.20 Å². The van der Waals surface area contributed by atoms with E-state index in [0.29, 0.717) is 38.0 Å². The lowest BCUT2D eigenvalue weighted by Crippen LogP contribution is -2.40. The zero-order valence-corrected chi connectivity index (χ0v) is 21.3. The van der Waals surface area contributed by atoms with E-state index in [9.17, 15) is 22.0 Å². The van der Waals surface area contributed by atoms with Crippen molar-refractivity contribution >= 4 is 28.8 Å². The van der Waals surface area contributed by atoms with Crippen LogP contribution in [0.3, 0.4) is 0 Å². The van der Waals surface area contributed by atoms with Crippen LogP contribution in [0.4, 0.5) is 22.0 Å². The molecule has 198 valence electrons. The molecular formula is C30H26ClF5N2. The van der Waals surface area contributed by atoms with Crippen LogP contribution in [0.5, 0.6) is 0 Å². The van der Waals surface area contributed by atoms with Gasteiger partial charge >= 0.3 is 6.18 Å². The predicted octanol–water partition coefficient (Wildman–Crippen LogP) is 8.40. The van der Waals surface area contributed by atoms with Crippen LogP contribution in [0, 0.1) is 0 Å². The molecule has 8 heteroatoms. The van der Waals surface area contributed by atoms with Crippen molar-refractivity contribution in [3.8, 4) is 0 Å². The highest BCUT2D eigenvalue weighted by atomic mass is 35.5. The lowest BCUT2D eigenvalue weighted by molar-refractivity contribution is -0.138. The maximum absolute atomic E-state index is 14.1. The molecular weight excluding hydrogens is 519 g/mol. The van der Waals surface area contributed by atoms with Crippen LogP contribution < -0.4 is 0 Å². The highest BCUT2D eigenvalue weighted by Crippen LogP contribution is 2.43. The smallest absolute Gasteiger partial charge is 0.295 e. The molecule has 38 heavy (non-hydrogen) atoms. The maximum Gasteiger partial charge on any atom is 0.418 e. The Morgan fingerprint density at radius 2 is 1.74 bits per heavy atom. The quantitative estimate of drug-likeness (QED) is 0.290. The van der Waals surface area contributed by atoms with Gasteiger partial charge in [-0.3, -0.25) is 9.88 Å². The molecule has 0 N–H and O–H groups in total. The third-order valence-corrected chi connectivity index (χ3v) is 7.20. The zero-order valence-electron chi connectivity index (χ0n) is 20.5. The zero-order chi connectivity index (χ0) is 26.9. The Balaban J connectivity index is 1.54. The third kappa shape index (κ3) is 5.84. The minimum atomic E-state index is -4.60. The number of likely N-dealkylation sites (tertiary alicyclic amines) is 1. The Morgan fingerprint density at radius 1 is 1.00 bits per heavy atom. The van der Waals surface area contributed by atoms with Gasteiger partial charge in [0.15, 0.2) is 0 Å². The molecule has 1 fully saturated rings. The molecule has 0 amide bonds. The monoisotopic (exact) mass is 544 g/mol. The van der Waals surface area contributed by atoms with Crippen LogP contribution >= 0.6 is 11.6 Å². The van der Waals surface area contributed by atoms with Gasteiger partial charge < -0.3 is 0 Å². The van der Waals surface area contributed by atoms with Crippen molar-refractivity contribution in [1.29, 1.82) is 0 Å². The first-order valence-electron chi connectivity index (χ1n) is 12.5. The van der Waals surface area contributed by atoms with Crippen molar-refractivity contribution < 1.29 is 22.0 Å². The third-order valence-electron chi connectivity index (χ3n) is 6.99. The van der Waals surface area contributed by atoms with Gasteiger partial charge in [-0.1, -0.05) is 66.2 Å². The van der Waals surface area contributed by atoms with Gasteiger partial charge in [-0.2, -0.15) is 13.2 Å². The predicted molar refractivity (Wildman–Crippen MR) is 141 cm³/mol. The van der Waals surface area contributed by atoms with Crippen LogP contribution in [0.2, 0.25) is 5.02 Å². The van der Waals surface area contributed by atoms with Crippen molar-refractivity contribution in [3.05, 3.63) is 105 Å². The van der Waals surface area contributed by atoms with Crippen molar-refractivity contribution in [2.45, 2.75) is 38.3 Å². The molecule has 0 unspecified atom stereocenters. The number of alkyl halides is 5. The summed E-state index contributed by atoms with van der Waals surface area (Å²) < 4.78 is 67.1. The van der Waals surface area contributed by atoms with E-state index >= 15 is 0 Å². The first kappa shape index (κ1) is 26.6. The number of hydrogen-bond acceptors (Lipinski definition) is 2. The molecule has 3 aromatic rings. The summed E-state index contributed by atoms with van der Waals surface area (Å²) in [5.74, 6) is 0. The fraction of sp³-hybridized carbons (Fsp3) is 0.300. The maximum atomic E-state index is 14.1. The van der Waals surface area contributed by atoms with Gasteiger partial charge in [-0.05, 0) is 64.3 Å². The van der Waals surface area contributed by atoms with Crippen LogP contribution in [0.15, 0.2) is 66.4 Å². The Kier molecular flexibility index (Phi) is 7.68. The van der Waals surface area contributed by atoms with E-state index in [4.69, 9.17) is 11.6 Å². The average Bonchev–Trinajstić information content (AvgIpc) is 3.05. The number of halogens is 6. The molecule has 1 aliphatic carbocycles. The average molecular weight is 545 g/mol. The lowest BCUT2D eigenvalue weighted by Gasteiger charge is -2.34. The molecule has 0 radical (unpaired) electrons. The molecule has 5 rings (SSSR count). The summed E-state index contributed by atoms with van der Waals surface area (Å²) in [5, 5.41) is -0.0570. The number of allylic oxidation sites excluding steroid dienone is 1. The summed E-state index contributed by atoms with van der Waals surface area (Å²) in [6.45, 7) is 1.71. The number of nitrogens with zero attached hydrogens (tertiary/aromatic N) is 2. The van der Waals surface area contributed by atoms with E-state index in [-0.39, 0.29) is 17.1 Å². The molecule has 0 spiro atoms. The van der Waals surface area contributed by atoms with E-state index in [1.807, 2.05) is 59.5 Å². The standard InChI is InChI=1S/C30H26ClF5N2/c31-23-15-26(30(34,35)36)29(37-16-23)25-7-3-5-21-4-1-2-6-24(21)28(25)22-10-8-19(9-11-22)14-20-17-38(18-20)13-12-27(32)33/h1-2,4,6,8-11,14-16,27H,3,5,7,12-13,17-18H2. The molecule has 1 aromatic heterocycles. The van der Waals surface area contributed by atoms with Gasteiger partial charge in [0, 0.05) is 32.3 Å². The molecule has 1 aliphatic heterocycles. The molecule has 0 atom stereocenters. The second-order valence-electron chi connectivity index (χ2n) is 9.73. The van der Waals surface area contributed by atoms with Crippen LogP contribution in [0.1, 0.15) is 52.8 Å². The van der Waals surface area contributed by atoms with Crippen LogP contribution in [-0.2, 0) is 12.6 Å². The number of benzene rings is 2. The number of pyridine rings is 1. The van der Waals surface area contributed by atoms with Crippen molar-refractivity contribution in [2.24, 2.45) is 0 Å².